The van der Waals surface area contributed by atoms with Crippen LogP contribution >= 0.6 is 0 Å². The summed E-state index contributed by atoms with van der Waals surface area (Å²) in [5, 5.41) is 0. The predicted octanol–water partition coefficient (Wildman–Crippen LogP) is 4.02. The van der Waals surface area contributed by atoms with E-state index in [9.17, 15) is 4.79 Å². The van der Waals surface area contributed by atoms with Gasteiger partial charge in [-0.25, -0.2) is 0 Å². The van der Waals surface area contributed by atoms with Crippen molar-refractivity contribution in [3.8, 4) is 0 Å². The Morgan fingerprint density at radius 3 is 2.39 bits per heavy atom. The van der Waals surface area contributed by atoms with Crippen LogP contribution in [0.25, 0.3) is 0 Å². The highest BCUT2D eigenvalue weighted by molar-refractivity contribution is 5.95. The smallest absolute Gasteiger partial charge is 0.253 e. The molecule has 0 radical (unpaired) electrons. The Bertz CT molecular complexity index is 860. The average molecular weight is 378 g/mol. The number of likely N-dealkylation sites (tertiary alicyclic amines) is 1. The summed E-state index contributed by atoms with van der Waals surface area (Å²) in [5.41, 5.74) is 13.6. The molecule has 2 aromatic carbocycles. The zero-order valence-electron chi connectivity index (χ0n) is 17.2. The first-order chi connectivity index (χ1) is 13.5. The number of hydrogen-bond donors (Lipinski definition) is 1. The number of aryl methyl sites for hydroxylation is 2. The number of anilines is 1. The Morgan fingerprint density at radius 2 is 1.75 bits per heavy atom. The highest BCUT2D eigenvalue weighted by Crippen LogP contribution is 2.31. The second-order valence-electron chi connectivity index (χ2n) is 8.53. The number of benzene rings is 2. The molecule has 0 bridgehead atoms. The first kappa shape index (κ1) is 19.0. The van der Waals surface area contributed by atoms with Crippen LogP contribution in [0, 0.1) is 19.8 Å². The maximum Gasteiger partial charge on any atom is 0.253 e. The summed E-state index contributed by atoms with van der Waals surface area (Å²) in [6.07, 6.45) is 2.21. The van der Waals surface area contributed by atoms with Crippen LogP contribution in [0.1, 0.15) is 52.4 Å². The summed E-state index contributed by atoms with van der Waals surface area (Å²) in [7, 11) is 0. The third-order valence-electron chi connectivity index (χ3n) is 6.43. The molecular weight excluding hydrogens is 346 g/mol. The van der Waals surface area contributed by atoms with E-state index in [1.54, 1.807) is 0 Å². The number of nitrogens with zero attached hydrogens (tertiary/aromatic N) is 2. The number of fused-ring (bicyclic) bond motifs is 1. The number of rotatable bonds is 4. The van der Waals surface area contributed by atoms with Gasteiger partial charge in [-0.15, -0.1) is 0 Å². The molecule has 2 aliphatic heterocycles. The molecule has 2 aromatic rings. The molecule has 1 fully saturated rings. The summed E-state index contributed by atoms with van der Waals surface area (Å²) in [4.78, 5) is 17.4. The standard InChI is InChI=1S/C24H31N3O/c1-4-6-19-12-27(15-23(19)25)24(28)18-7-5-8-22(11-18)26-13-20-9-16(2)17(3)10-21(20)14-26/h5,7-11,19,23H,4,6,12-15,25H2,1-3H3/t19-,23-/m0/s1. The molecule has 4 nitrogen and oxygen atoms in total. The fraction of sp³-hybridized carbons (Fsp3) is 0.458. The molecule has 0 spiro atoms. The van der Waals surface area contributed by atoms with E-state index in [2.05, 4.69) is 43.9 Å². The Morgan fingerprint density at radius 1 is 1.07 bits per heavy atom. The topological polar surface area (TPSA) is 49.6 Å². The van der Waals surface area contributed by atoms with Crippen molar-refractivity contribution in [2.24, 2.45) is 11.7 Å². The molecule has 2 heterocycles. The van der Waals surface area contributed by atoms with Crippen LogP contribution < -0.4 is 10.6 Å². The van der Waals surface area contributed by atoms with Gasteiger partial charge < -0.3 is 15.5 Å². The van der Waals surface area contributed by atoms with Gasteiger partial charge in [-0.3, -0.25) is 4.79 Å². The Balaban J connectivity index is 1.50. The first-order valence-electron chi connectivity index (χ1n) is 10.4. The maximum absolute atomic E-state index is 13.1. The summed E-state index contributed by atoms with van der Waals surface area (Å²) < 4.78 is 0. The Hall–Kier alpha value is -2.33. The van der Waals surface area contributed by atoms with Gasteiger partial charge >= 0.3 is 0 Å². The van der Waals surface area contributed by atoms with Gasteiger partial charge in [0, 0.05) is 43.5 Å². The molecule has 1 amide bonds. The van der Waals surface area contributed by atoms with Gasteiger partial charge in [0.1, 0.15) is 0 Å². The molecule has 0 aromatic heterocycles. The van der Waals surface area contributed by atoms with Crippen molar-refractivity contribution in [2.45, 2.75) is 52.7 Å². The number of hydrogen-bond acceptors (Lipinski definition) is 3. The van der Waals surface area contributed by atoms with E-state index >= 15 is 0 Å². The monoisotopic (exact) mass is 377 g/mol. The molecule has 4 rings (SSSR count). The second kappa shape index (κ2) is 7.59. The first-order valence-corrected chi connectivity index (χ1v) is 10.4. The lowest BCUT2D eigenvalue weighted by atomic mass is 9.99. The normalized spacial score (nSPS) is 21.3. The van der Waals surface area contributed by atoms with Crippen molar-refractivity contribution in [1.29, 1.82) is 0 Å². The van der Waals surface area contributed by atoms with Crippen molar-refractivity contribution in [1.82, 2.24) is 4.90 Å². The fourth-order valence-electron chi connectivity index (χ4n) is 4.64. The predicted molar refractivity (Wildman–Crippen MR) is 115 cm³/mol. The summed E-state index contributed by atoms with van der Waals surface area (Å²) in [6, 6.07) is 12.8. The molecule has 0 unspecified atom stereocenters. The molecule has 2 aliphatic rings. The fourth-order valence-corrected chi connectivity index (χ4v) is 4.64. The van der Waals surface area contributed by atoms with Crippen molar-refractivity contribution in [2.75, 3.05) is 18.0 Å². The zero-order valence-corrected chi connectivity index (χ0v) is 17.2. The molecule has 2 atom stereocenters. The van der Waals surface area contributed by atoms with Crippen molar-refractivity contribution >= 4 is 11.6 Å². The van der Waals surface area contributed by atoms with Crippen molar-refractivity contribution in [3.63, 3.8) is 0 Å². The number of carbonyl (C=O) groups excluding carboxylic acids is 1. The van der Waals surface area contributed by atoms with Gasteiger partial charge in [0.25, 0.3) is 5.91 Å². The van der Waals surface area contributed by atoms with E-state index < -0.39 is 0 Å². The molecule has 148 valence electrons. The quantitative estimate of drug-likeness (QED) is 0.875. The highest BCUT2D eigenvalue weighted by atomic mass is 16.2. The minimum Gasteiger partial charge on any atom is -0.363 e. The van der Waals surface area contributed by atoms with E-state index in [4.69, 9.17) is 5.73 Å². The van der Waals surface area contributed by atoms with E-state index in [1.165, 1.54) is 22.3 Å². The largest absolute Gasteiger partial charge is 0.363 e. The van der Waals surface area contributed by atoms with E-state index in [0.717, 1.165) is 43.7 Å². The van der Waals surface area contributed by atoms with Crippen LogP contribution in [0.3, 0.4) is 0 Å². The van der Waals surface area contributed by atoms with Gasteiger partial charge in [0.2, 0.25) is 0 Å². The lowest BCUT2D eigenvalue weighted by molar-refractivity contribution is 0.0785. The lowest BCUT2D eigenvalue weighted by Crippen LogP contribution is -2.32. The van der Waals surface area contributed by atoms with Crippen LogP contribution in [0.4, 0.5) is 5.69 Å². The molecule has 1 saturated heterocycles. The molecule has 4 heteroatoms. The molecule has 0 saturated carbocycles. The Labute approximate surface area is 168 Å². The van der Waals surface area contributed by atoms with Gasteiger partial charge in [-0.05, 0) is 66.6 Å². The van der Waals surface area contributed by atoms with E-state index in [1.807, 2.05) is 23.1 Å². The molecular formula is C24H31N3O. The number of nitrogens with two attached hydrogens (primary N) is 1. The highest BCUT2D eigenvalue weighted by Gasteiger charge is 2.32. The van der Waals surface area contributed by atoms with E-state index in [0.29, 0.717) is 12.5 Å². The summed E-state index contributed by atoms with van der Waals surface area (Å²) in [5.74, 6) is 0.538. The van der Waals surface area contributed by atoms with E-state index in [-0.39, 0.29) is 11.9 Å². The van der Waals surface area contributed by atoms with Crippen molar-refractivity contribution < 1.29 is 4.79 Å². The molecule has 2 N–H and O–H groups in total. The number of amides is 1. The van der Waals surface area contributed by atoms with Crippen LogP contribution in [-0.4, -0.2) is 29.9 Å². The number of carbonyl (C=O) groups is 1. The van der Waals surface area contributed by atoms with Crippen LogP contribution in [0.2, 0.25) is 0 Å². The van der Waals surface area contributed by atoms with Crippen LogP contribution in [-0.2, 0) is 13.1 Å². The lowest BCUT2D eigenvalue weighted by Gasteiger charge is -2.20. The van der Waals surface area contributed by atoms with Crippen LogP contribution in [0.15, 0.2) is 36.4 Å². The summed E-state index contributed by atoms with van der Waals surface area (Å²) >= 11 is 0. The van der Waals surface area contributed by atoms with Gasteiger partial charge in [0.15, 0.2) is 0 Å². The maximum atomic E-state index is 13.1. The SMILES string of the molecule is CCC[C@H]1CN(C(=O)c2cccc(N3Cc4cc(C)c(C)cc4C3)c2)C[C@@H]1N. The summed E-state index contributed by atoms with van der Waals surface area (Å²) in [6.45, 7) is 9.78. The van der Waals surface area contributed by atoms with Crippen molar-refractivity contribution in [3.05, 3.63) is 64.2 Å². The van der Waals surface area contributed by atoms with Gasteiger partial charge in [-0.2, -0.15) is 0 Å². The Kier molecular flexibility index (Phi) is 5.15. The van der Waals surface area contributed by atoms with Gasteiger partial charge in [0.05, 0.1) is 0 Å². The molecule has 28 heavy (non-hydrogen) atoms. The van der Waals surface area contributed by atoms with Crippen LogP contribution in [0.5, 0.6) is 0 Å². The minimum atomic E-state index is 0.103. The van der Waals surface area contributed by atoms with Gasteiger partial charge in [-0.1, -0.05) is 31.5 Å². The minimum absolute atomic E-state index is 0.103. The molecule has 0 aliphatic carbocycles. The zero-order chi connectivity index (χ0) is 19.8. The third kappa shape index (κ3) is 3.53. The average Bonchev–Trinajstić information content (AvgIpc) is 3.25. The second-order valence-corrected chi connectivity index (χ2v) is 8.53. The third-order valence-corrected chi connectivity index (χ3v) is 6.43.